The molecule has 0 saturated carbocycles. The molecule has 2 aromatic rings. The zero-order valence-corrected chi connectivity index (χ0v) is 10.6. The van der Waals surface area contributed by atoms with Crippen LogP contribution in [-0.4, -0.2) is 15.8 Å². The summed E-state index contributed by atoms with van der Waals surface area (Å²) in [5, 5.41) is 8.98. The van der Waals surface area contributed by atoms with E-state index in [2.05, 4.69) is 0 Å². The Balaban J connectivity index is 2.54. The van der Waals surface area contributed by atoms with E-state index in [9.17, 15) is 9.59 Å². The van der Waals surface area contributed by atoms with Crippen molar-refractivity contribution in [3.8, 4) is 0 Å². The summed E-state index contributed by atoms with van der Waals surface area (Å²) in [5.41, 5.74) is 1.06. The van der Waals surface area contributed by atoms with Gasteiger partial charge in [0.25, 0.3) is 5.56 Å². The molecule has 0 aliphatic carbocycles. The number of hydrogen-bond donors (Lipinski definition) is 1. The summed E-state index contributed by atoms with van der Waals surface area (Å²) >= 11 is 0. The number of rotatable bonds is 3. The predicted octanol–water partition coefficient (Wildman–Crippen LogP) is 2.92. The standard InChI is InChI=1S/C15H15NO3/c1-2-12(11-7-4-3-5-8-11)13-9-6-10-16(14(13)17)15(18)19/h3-10,12H,2H2,1H3,(H,18,19). The van der Waals surface area contributed by atoms with Crippen LogP contribution < -0.4 is 5.56 Å². The molecule has 0 aliphatic heterocycles. The molecule has 1 N–H and O–H groups in total. The molecule has 0 saturated heterocycles. The first-order valence-electron chi connectivity index (χ1n) is 6.15. The molecule has 98 valence electrons. The Morgan fingerprint density at radius 1 is 1.21 bits per heavy atom. The number of carboxylic acid groups (broad SMARTS) is 1. The van der Waals surface area contributed by atoms with E-state index in [0.717, 1.165) is 16.6 Å². The lowest BCUT2D eigenvalue weighted by atomic mass is 9.90. The molecule has 1 aromatic heterocycles. The predicted molar refractivity (Wildman–Crippen MR) is 72.7 cm³/mol. The average molecular weight is 257 g/mol. The Bertz CT molecular complexity index is 631. The van der Waals surface area contributed by atoms with Crippen LogP contribution in [0.2, 0.25) is 0 Å². The number of aromatic nitrogens is 1. The van der Waals surface area contributed by atoms with E-state index < -0.39 is 11.7 Å². The van der Waals surface area contributed by atoms with Gasteiger partial charge in [-0.05, 0) is 18.1 Å². The number of benzene rings is 1. The van der Waals surface area contributed by atoms with Gasteiger partial charge in [0, 0.05) is 17.7 Å². The van der Waals surface area contributed by atoms with Crippen molar-refractivity contribution in [2.75, 3.05) is 0 Å². The molecule has 4 nitrogen and oxygen atoms in total. The normalized spacial score (nSPS) is 12.1. The highest BCUT2D eigenvalue weighted by Crippen LogP contribution is 2.24. The third-order valence-corrected chi connectivity index (χ3v) is 3.17. The fourth-order valence-electron chi connectivity index (χ4n) is 2.25. The molecule has 4 heteroatoms. The molecule has 19 heavy (non-hydrogen) atoms. The number of pyridine rings is 1. The minimum Gasteiger partial charge on any atom is -0.464 e. The van der Waals surface area contributed by atoms with Crippen LogP contribution in [-0.2, 0) is 0 Å². The van der Waals surface area contributed by atoms with Crippen molar-refractivity contribution < 1.29 is 9.90 Å². The van der Waals surface area contributed by atoms with E-state index in [1.165, 1.54) is 6.20 Å². The van der Waals surface area contributed by atoms with Gasteiger partial charge in [-0.3, -0.25) is 4.79 Å². The fraction of sp³-hybridized carbons (Fsp3) is 0.200. The number of nitrogens with zero attached hydrogens (tertiary/aromatic N) is 1. The molecule has 1 atom stereocenters. The van der Waals surface area contributed by atoms with Crippen LogP contribution in [0.4, 0.5) is 4.79 Å². The van der Waals surface area contributed by atoms with Crippen molar-refractivity contribution in [1.82, 2.24) is 4.57 Å². The summed E-state index contributed by atoms with van der Waals surface area (Å²) in [5.74, 6) is -0.0829. The molecule has 0 spiro atoms. The van der Waals surface area contributed by atoms with Gasteiger partial charge < -0.3 is 5.11 Å². The van der Waals surface area contributed by atoms with E-state index in [0.29, 0.717) is 5.56 Å². The Labute approximate surface area is 110 Å². The van der Waals surface area contributed by atoms with Crippen LogP contribution >= 0.6 is 0 Å². The zero-order chi connectivity index (χ0) is 13.8. The van der Waals surface area contributed by atoms with Crippen molar-refractivity contribution in [1.29, 1.82) is 0 Å². The maximum atomic E-state index is 12.2. The van der Waals surface area contributed by atoms with E-state index in [1.54, 1.807) is 12.1 Å². The van der Waals surface area contributed by atoms with E-state index in [-0.39, 0.29) is 5.92 Å². The average Bonchev–Trinajstić information content (AvgIpc) is 2.42. The van der Waals surface area contributed by atoms with Gasteiger partial charge in [0.1, 0.15) is 0 Å². The molecule has 1 unspecified atom stereocenters. The van der Waals surface area contributed by atoms with Crippen LogP contribution in [0.3, 0.4) is 0 Å². The van der Waals surface area contributed by atoms with Crippen molar-refractivity contribution in [3.05, 3.63) is 70.1 Å². The molecule has 0 bridgehead atoms. The molecule has 0 aliphatic rings. The lowest BCUT2D eigenvalue weighted by Gasteiger charge is -2.15. The minimum atomic E-state index is -1.25. The third-order valence-electron chi connectivity index (χ3n) is 3.17. The van der Waals surface area contributed by atoms with Gasteiger partial charge >= 0.3 is 6.09 Å². The molecular weight excluding hydrogens is 242 g/mol. The number of hydrogen-bond acceptors (Lipinski definition) is 2. The van der Waals surface area contributed by atoms with Crippen LogP contribution in [0, 0.1) is 0 Å². The molecule has 1 aromatic carbocycles. The van der Waals surface area contributed by atoms with Crippen molar-refractivity contribution in [2.24, 2.45) is 0 Å². The van der Waals surface area contributed by atoms with Gasteiger partial charge in [0.05, 0.1) is 0 Å². The van der Waals surface area contributed by atoms with E-state index in [4.69, 9.17) is 5.11 Å². The maximum Gasteiger partial charge on any atom is 0.418 e. The van der Waals surface area contributed by atoms with Crippen molar-refractivity contribution in [2.45, 2.75) is 19.3 Å². The summed E-state index contributed by atoms with van der Waals surface area (Å²) in [6, 6.07) is 12.9. The summed E-state index contributed by atoms with van der Waals surface area (Å²) in [4.78, 5) is 23.2. The first-order chi connectivity index (χ1) is 9.15. The molecule has 0 fully saturated rings. The molecule has 0 radical (unpaired) electrons. The first kappa shape index (κ1) is 13.1. The van der Waals surface area contributed by atoms with Crippen molar-refractivity contribution >= 4 is 6.09 Å². The Hall–Kier alpha value is -2.36. The van der Waals surface area contributed by atoms with Gasteiger partial charge in [-0.25, -0.2) is 9.36 Å². The smallest absolute Gasteiger partial charge is 0.418 e. The molecular formula is C15H15NO3. The van der Waals surface area contributed by atoms with Crippen LogP contribution in [0.25, 0.3) is 0 Å². The summed E-state index contributed by atoms with van der Waals surface area (Å²) in [6.07, 6.45) is 0.754. The summed E-state index contributed by atoms with van der Waals surface area (Å²) in [6.45, 7) is 1.98. The SMILES string of the molecule is CCC(c1ccccc1)c1cccn(C(=O)O)c1=O. The lowest BCUT2D eigenvalue weighted by Crippen LogP contribution is -2.29. The van der Waals surface area contributed by atoms with Crippen LogP contribution in [0.1, 0.15) is 30.4 Å². The second-order valence-electron chi connectivity index (χ2n) is 4.29. The fourth-order valence-corrected chi connectivity index (χ4v) is 2.25. The highest BCUT2D eigenvalue weighted by Gasteiger charge is 2.17. The quantitative estimate of drug-likeness (QED) is 0.919. The zero-order valence-electron chi connectivity index (χ0n) is 10.6. The third kappa shape index (κ3) is 2.57. The Morgan fingerprint density at radius 3 is 2.47 bits per heavy atom. The van der Waals surface area contributed by atoms with Crippen LogP contribution in [0.15, 0.2) is 53.5 Å². The maximum absolute atomic E-state index is 12.2. The number of carbonyl (C=O) groups is 1. The van der Waals surface area contributed by atoms with Crippen molar-refractivity contribution in [3.63, 3.8) is 0 Å². The molecule has 0 amide bonds. The molecule has 1 heterocycles. The van der Waals surface area contributed by atoms with Gasteiger partial charge in [0.2, 0.25) is 0 Å². The van der Waals surface area contributed by atoms with Gasteiger partial charge in [-0.15, -0.1) is 0 Å². The minimum absolute atomic E-state index is 0.0829. The highest BCUT2D eigenvalue weighted by molar-refractivity contribution is 5.67. The molecule has 2 rings (SSSR count). The first-order valence-corrected chi connectivity index (χ1v) is 6.15. The Morgan fingerprint density at radius 2 is 1.89 bits per heavy atom. The largest absolute Gasteiger partial charge is 0.464 e. The summed E-state index contributed by atoms with van der Waals surface area (Å²) in [7, 11) is 0. The topological polar surface area (TPSA) is 59.3 Å². The summed E-state index contributed by atoms with van der Waals surface area (Å²) < 4.78 is 0.723. The lowest BCUT2D eigenvalue weighted by molar-refractivity contribution is 0.195. The van der Waals surface area contributed by atoms with Crippen LogP contribution in [0.5, 0.6) is 0 Å². The second kappa shape index (κ2) is 5.52. The Kier molecular flexibility index (Phi) is 3.80. The van der Waals surface area contributed by atoms with Gasteiger partial charge in [-0.2, -0.15) is 0 Å². The van der Waals surface area contributed by atoms with E-state index in [1.807, 2.05) is 37.3 Å². The van der Waals surface area contributed by atoms with E-state index >= 15 is 0 Å². The highest BCUT2D eigenvalue weighted by atomic mass is 16.4. The second-order valence-corrected chi connectivity index (χ2v) is 4.29. The van der Waals surface area contributed by atoms with Gasteiger partial charge in [0.15, 0.2) is 0 Å². The monoisotopic (exact) mass is 257 g/mol. The van der Waals surface area contributed by atoms with Gasteiger partial charge in [-0.1, -0.05) is 43.3 Å².